The van der Waals surface area contributed by atoms with Gasteiger partial charge in [0.1, 0.15) is 0 Å². The highest BCUT2D eigenvalue weighted by molar-refractivity contribution is 7.91. The molecule has 5 heteroatoms. The maximum atomic E-state index is 14.6. The largest absolute Gasteiger partial charge is 0.310 e. The van der Waals surface area contributed by atoms with Crippen molar-refractivity contribution in [1.29, 1.82) is 0 Å². The van der Waals surface area contributed by atoms with Gasteiger partial charge in [0.15, 0.2) is 8.07 Å². The Bertz CT molecular complexity index is 2940. The minimum Gasteiger partial charge on any atom is -0.310 e. The van der Waals surface area contributed by atoms with E-state index in [1.165, 1.54) is 52.9 Å². The third-order valence-corrected chi connectivity index (χ3v) is 22.1. The van der Waals surface area contributed by atoms with Crippen molar-refractivity contribution in [2.75, 3.05) is 4.90 Å². The van der Waals surface area contributed by atoms with Crippen molar-refractivity contribution in [2.24, 2.45) is 23.7 Å². The van der Waals surface area contributed by atoms with Crippen LogP contribution in [0, 0.1) is 23.7 Å². The molecule has 4 aliphatic carbocycles. The zero-order chi connectivity index (χ0) is 42.2. The molecule has 1 heterocycles. The first-order chi connectivity index (χ1) is 31.0. The minimum absolute atomic E-state index is 0.305. The van der Waals surface area contributed by atoms with Crippen molar-refractivity contribution in [3.8, 4) is 11.1 Å². The molecule has 0 unspecified atom stereocenters. The Labute approximate surface area is 372 Å². The van der Waals surface area contributed by atoms with Crippen LogP contribution in [0.3, 0.4) is 0 Å². The lowest BCUT2D eigenvalue weighted by Gasteiger charge is -2.63. The van der Waals surface area contributed by atoms with Gasteiger partial charge in [-0.25, -0.2) is 8.42 Å². The zero-order valence-electron chi connectivity index (χ0n) is 35.2. The van der Waals surface area contributed by atoms with Crippen molar-refractivity contribution in [3.05, 3.63) is 223 Å². The summed E-state index contributed by atoms with van der Waals surface area (Å²) in [6.07, 6.45) is 6.08. The van der Waals surface area contributed by atoms with E-state index in [-0.39, 0.29) is 5.41 Å². The van der Waals surface area contributed by atoms with Crippen LogP contribution in [-0.2, 0) is 15.3 Å². The molecule has 0 atom stereocenters. The van der Waals surface area contributed by atoms with E-state index in [1.54, 1.807) is 0 Å². The molecule has 4 bridgehead atoms. The molecular formula is C58H49NO2SSi. The van der Waals surface area contributed by atoms with Crippen LogP contribution in [0.5, 0.6) is 0 Å². The second-order valence-corrected chi connectivity index (χ2v) is 24.2. The fourth-order valence-electron chi connectivity index (χ4n) is 13.1. The molecule has 0 radical (unpaired) electrons. The summed E-state index contributed by atoms with van der Waals surface area (Å²) in [5.74, 6) is 2.40. The SMILES string of the molecule is O=S1(=O)c2ccccc2C2(c3cc(N(c4ccccc4)c4ccc(-c5ccc([Si](c6ccccc6)(c6ccccc6)c6ccccc6)cc5)cc4)ccc31)C1CC3CC(C1)CC2C3. The van der Waals surface area contributed by atoms with Gasteiger partial charge in [0.2, 0.25) is 9.84 Å². The van der Waals surface area contributed by atoms with Crippen molar-refractivity contribution < 1.29 is 8.42 Å². The third kappa shape index (κ3) is 5.86. The number of benzene rings is 8. The molecule has 308 valence electrons. The second kappa shape index (κ2) is 14.9. The fraction of sp³-hybridized carbons (Fsp3) is 0.172. The van der Waals surface area contributed by atoms with Crippen molar-refractivity contribution in [3.63, 3.8) is 0 Å². The molecule has 4 saturated carbocycles. The summed E-state index contributed by atoms with van der Waals surface area (Å²) in [5.41, 5.74) is 7.12. The Morgan fingerprint density at radius 1 is 0.397 bits per heavy atom. The van der Waals surface area contributed by atoms with E-state index in [0.29, 0.717) is 21.6 Å². The lowest BCUT2D eigenvalue weighted by Crippen LogP contribution is -2.74. The normalized spacial score (nSPS) is 22.6. The highest BCUT2D eigenvalue weighted by Crippen LogP contribution is 2.68. The van der Waals surface area contributed by atoms with E-state index in [9.17, 15) is 8.42 Å². The van der Waals surface area contributed by atoms with Crippen molar-refractivity contribution in [2.45, 2.75) is 47.3 Å². The number of anilines is 3. The Balaban J connectivity index is 0.953. The van der Waals surface area contributed by atoms with Gasteiger partial charge < -0.3 is 4.90 Å². The number of rotatable bonds is 8. The number of para-hydroxylation sites is 1. The van der Waals surface area contributed by atoms with E-state index in [0.717, 1.165) is 51.2 Å². The Morgan fingerprint density at radius 3 is 1.35 bits per heavy atom. The third-order valence-electron chi connectivity index (χ3n) is 15.4. The molecule has 0 N–H and O–H groups in total. The Kier molecular flexibility index (Phi) is 9.10. The first kappa shape index (κ1) is 38.4. The average molecular weight is 852 g/mol. The van der Waals surface area contributed by atoms with Gasteiger partial charge in [-0.3, -0.25) is 0 Å². The molecule has 8 aromatic carbocycles. The van der Waals surface area contributed by atoms with Crippen LogP contribution in [-0.4, -0.2) is 16.5 Å². The van der Waals surface area contributed by atoms with Crippen molar-refractivity contribution >= 4 is 55.7 Å². The summed E-state index contributed by atoms with van der Waals surface area (Å²) >= 11 is 0. The van der Waals surface area contributed by atoms with Gasteiger partial charge in [-0.2, -0.15) is 0 Å². The lowest BCUT2D eigenvalue weighted by atomic mass is 9.42. The summed E-state index contributed by atoms with van der Waals surface area (Å²) in [6.45, 7) is 0. The molecule has 1 aliphatic heterocycles. The second-order valence-electron chi connectivity index (χ2n) is 18.5. The Morgan fingerprint density at radius 2 is 0.810 bits per heavy atom. The van der Waals surface area contributed by atoms with E-state index in [4.69, 9.17) is 0 Å². The molecule has 0 saturated heterocycles. The van der Waals surface area contributed by atoms with Crippen LogP contribution in [0.4, 0.5) is 17.1 Å². The van der Waals surface area contributed by atoms with Gasteiger partial charge in [-0.05, 0) is 147 Å². The first-order valence-electron chi connectivity index (χ1n) is 22.7. The zero-order valence-corrected chi connectivity index (χ0v) is 37.0. The van der Waals surface area contributed by atoms with Gasteiger partial charge in [0, 0.05) is 22.5 Å². The first-order valence-corrected chi connectivity index (χ1v) is 26.2. The number of sulfone groups is 1. The quantitative estimate of drug-likeness (QED) is 0.113. The molecule has 8 aromatic rings. The van der Waals surface area contributed by atoms with Crippen LogP contribution < -0.4 is 25.6 Å². The molecule has 0 amide bonds. The van der Waals surface area contributed by atoms with E-state index in [2.05, 4.69) is 193 Å². The van der Waals surface area contributed by atoms with Crippen LogP contribution in [0.1, 0.15) is 43.2 Å². The van der Waals surface area contributed by atoms with E-state index < -0.39 is 17.9 Å². The number of hydrogen-bond acceptors (Lipinski definition) is 3. The molecule has 5 aliphatic rings. The maximum Gasteiger partial charge on any atom is 0.207 e. The monoisotopic (exact) mass is 851 g/mol. The molecule has 4 fully saturated rings. The highest BCUT2D eigenvalue weighted by Gasteiger charge is 2.62. The summed E-state index contributed by atoms with van der Waals surface area (Å²) in [5, 5.41) is 5.42. The van der Waals surface area contributed by atoms with Crippen LogP contribution in [0.25, 0.3) is 11.1 Å². The molecule has 3 nitrogen and oxygen atoms in total. The molecule has 63 heavy (non-hydrogen) atoms. The maximum absolute atomic E-state index is 14.6. The topological polar surface area (TPSA) is 37.4 Å². The Hall–Kier alpha value is -6.27. The average Bonchev–Trinajstić information content (AvgIpc) is 3.33. The molecule has 1 spiro atoms. The van der Waals surface area contributed by atoms with Gasteiger partial charge >= 0.3 is 0 Å². The van der Waals surface area contributed by atoms with Crippen molar-refractivity contribution in [1.82, 2.24) is 0 Å². The van der Waals surface area contributed by atoms with Crippen LogP contribution in [0.15, 0.2) is 222 Å². The standard InChI is InChI=1S/C58H49NO2SSi/c60-62(61)56-24-14-13-23-54(56)58(45-36-41-35-42(38-45)39-46(58)37-41)55-40-49(31-34-57(55)62)59(47-15-5-1-6-16-47)48-29-25-43(26-30-48)44-27-32-53(33-28-44)63(50-17-7-2-8-18-50,51-19-9-3-10-20-51)52-21-11-4-12-22-52/h1-34,40-42,45-46H,35-39H2. The highest BCUT2D eigenvalue weighted by atomic mass is 32.2. The van der Waals surface area contributed by atoms with Gasteiger partial charge in [0.25, 0.3) is 0 Å². The number of nitrogens with zero attached hydrogens (tertiary/aromatic N) is 1. The predicted octanol–water partition coefficient (Wildman–Crippen LogP) is 11.1. The summed E-state index contributed by atoms with van der Waals surface area (Å²) in [7, 11) is -6.32. The van der Waals surface area contributed by atoms with Gasteiger partial charge in [0.05, 0.1) is 9.79 Å². The molecule has 0 aromatic heterocycles. The summed E-state index contributed by atoms with van der Waals surface area (Å²) in [4.78, 5) is 3.33. The number of hydrogen-bond donors (Lipinski definition) is 0. The van der Waals surface area contributed by atoms with Gasteiger partial charge in [-0.1, -0.05) is 164 Å². The summed E-state index contributed by atoms with van der Waals surface area (Å²) in [6, 6.07) is 76.2. The van der Waals surface area contributed by atoms with Crippen LogP contribution >= 0.6 is 0 Å². The smallest absolute Gasteiger partial charge is 0.207 e. The fourth-order valence-corrected chi connectivity index (χ4v) is 19.7. The molecular weight excluding hydrogens is 803 g/mol. The molecule has 13 rings (SSSR count). The predicted molar refractivity (Wildman–Crippen MR) is 260 cm³/mol. The number of fused-ring (bicyclic) bond motifs is 2. The van der Waals surface area contributed by atoms with E-state index >= 15 is 0 Å². The minimum atomic E-state index is -3.69. The van der Waals surface area contributed by atoms with Gasteiger partial charge in [-0.15, -0.1) is 0 Å². The van der Waals surface area contributed by atoms with Crippen LogP contribution in [0.2, 0.25) is 0 Å². The summed E-state index contributed by atoms with van der Waals surface area (Å²) < 4.78 is 29.2. The lowest BCUT2D eigenvalue weighted by molar-refractivity contribution is -0.0446. The van der Waals surface area contributed by atoms with E-state index in [1.807, 2.05) is 24.3 Å².